The molecule has 0 aliphatic rings. The van der Waals surface area contributed by atoms with Gasteiger partial charge in [-0.25, -0.2) is 8.42 Å². The zero-order chi connectivity index (χ0) is 10.9. The van der Waals surface area contributed by atoms with E-state index in [2.05, 4.69) is 12.6 Å². The van der Waals surface area contributed by atoms with Crippen LogP contribution >= 0.6 is 23.3 Å². The third-order valence-electron chi connectivity index (χ3n) is 1.37. The van der Waals surface area contributed by atoms with Crippen LogP contribution in [0.4, 0.5) is 5.69 Å². The molecule has 0 fully saturated rings. The summed E-state index contributed by atoms with van der Waals surface area (Å²) in [7, 11) is 1.06. The number of non-ortho nitro benzene ring substituents is 1. The molecule has 76 valence electrons. The van der Waals surface area contributed by atoms with Gasteiger partial charge < -0.3 is 0 Å². The van der Waals surface area contributed by atoms with E-state index >= 15 is 0 Å². The summed E-state index contributed by atoms with van der Waals surface area (Å²) >= 11 is 3.82. The minimum absolute atomic E-state index is 0.165. The first-order valence-corrected chi connectivity index (χ1v) is 5.99. The Kier molecular flexibility index (Phi) is 3.03. The lowest BCUT2D eigenvalue weighted by atomic mass is 10.3. The van der Waals surface area contributed by atoms with Crippen molar-refractivity contribution in [3.05, 3.63) is 28.3 Å². The lowest BCUT2D eigenvalue weighted by Gasteiger charge is -1.98. The van der Waals surface area contributed by atoms with E-state index < -0.39 is 14.0 Å². The Hall–Kier alpha value is -0.790. The molecule has 0 bridgehead atoms. The fraction of sp³-hybridized carbons (Fsp3) is 0. The third-order valence-corrected chi connectivity index (χ3v) is 2.96. The van der Waals surface area contributed by atoms with Crippen LogP contribution < -0.4 is 0 Å². The van der Waals surface area contributed by atoms with Crippen molar-refractivity contribution in [2.75, 3.05) is 0 Å². The zero-order valence-corrected chi connectivity index (χ0v) is 9.01. The molecule has 0 aromatic heterocycles. The van der Waals surface area contributed by atoms with Gasteiger partial charge in [0.05, 0.1) is 9.82 Å². The van der Waals surface area contributed by atoms with Gasteiger partial charge in [-0.15, -0.1) is 12.6 Å². The largest absolute Gasteiger partial charge is 0.271 e. The predicted molar refractivity (Wildman–Crippen MR) is 53.4 cm³/mol. The Labute approximate surface area is 89.7 Å². The quantitative estimate of drug-likeness (QED) is 0.377. The van der Waals surface area contributed by atoms with E-state index in [4.69, 9.17) is 10.7 Å². The van der Waals surface area contributed by atoms with Crippen molar-refractivity contribution in [2.45, 2.75) is 9.79 Å². The first-order valence-electron chi connectivity index (χ1n) is 3.24. The van der Waals surface area contributed by atoms with Gasteiger partial charge in [0.25, 0.3) is 14.7 Å². The summed E-state index contributed by atoms with van der Waals surface area (Å²) in [5.41, 5.74) is -0.364. The van der Waals surface area contributed by atoms with Crippen LogP contribution in [0.15, 0.2) is 28.0 Å². The molecule has 0 unspecified atom stereocenters. The molecule has 0 saturated heterocycles. The summed E-state index contributed by atoms with van der Waals surface area (Å²) in [5.74, 6) is 0. The number of thiol groups is 1. The third kappa shape index (κ3) is 2.60. The van der Waals surface area contributed by atoms with Crippen LogP contribution in [0.2, 0.25) is 0 Å². The molecule has 0 spiro atoms. The first-order chi connectivity index (χ1) is 6.30. The van der Waals surface area contributed by atoms with E-state index in [9.17, 15) is 18.5 Å². The van der Waals surface area contributed by atoms with Gasteiger partial charge in [0.1, 0.15) is 0 Å². The number of halogens is 1. The maximum absolute atomic E-state index is 10.9. The molecule has 0 N–H and O–H groups in total. The Balaban J connectivity index is 3.43. The van der Waals surface area contributed by atoms with Crippen LogP contribution in [-0.2, 0) is 9.05 Å². The van der Waals surface area contributed by atoms with Crippen LogP contribution in [0.25, 0.3) is 0 Å². The van der Waals surface area contributed by atoms with E-state index in [1.54, 1.807) is 0 Å². The number of nitro groups is 1. The van der Waals surface area contributed by atoms with E-state index in [1.807, 2.05) is 0 Å². The molecule has 14 heavy (non-hydrogen) atoms. The summed E-state index contributed by atoms with van der Waals surface area (Å²) in [6, 6.07) is 3.15. The Morgan fingerprint density at radius 2 is 1.93 bits per heavy atom. The molecular weight excluding hydrogens is 250 g/mol. The normalized spacial score (nSPS) is 11.3. The highest BCUT2D eigenvalue weighted by atomic mass is 35.7. The highest BCUT2D eigenvalue weighted by molar-refractivity contribution is 8.13. The minimum atomic E-state index is -3.96. The molecule has 5 nitrogen and oxygen atoms in total. The van der Waals surface area contributed by atoms with Gasteiger partial charge in [0, 0.05) is 27.7 Å². The van der Waals surface area contributed by atoms with Crippen molar-refractivity contribution in [2.24, 2.45) is 0 Å². The van der Waals surface area contributed by atoms with Gasteiger partial charge in [-0.3, -0.25) is 10.1 Å². The second-order valence-electron chi connectivity index (χ2n) is 2.38. The molecule has 8 heteroatoms. The summed E-state index contributed by atoms with van der Waals surface area (Å²) in [6.07, 6.45) is 0. The SMILES string of the molecule is O=[N+]([O-])c1cc(S)cc(S(=O)(=O)Cl)c1. The molecule has 0 heterocycles. The maximum Gasteiger partial charge on any atom is 0.271 e. The lowest BCUT2D eigenvalue weighted by molar-refractivity contribution is -0.385. The van der Waals surface area contributed by atoms with Crippen molar-refractivity contribution in [3.63, 3.8) is 0 Å². The van der Waals surface area contributed by atoms with Crippen LogP contribution in [0.1, 0.15) is 0 Å². The summed E-state index contributed by atoms with van der Waals surface area (Å²) < 4.78 is 21.7. The molecule has 1 rings (SSSR count). The van der Waals surface area contributed by atoms with Crippen LogP contribution in [0.5, 0.6) is 0 Å². The molecule has 0 saturated carbocycles. The minimum Gasteiger partial charge on any atom is -0.258 e. The summed E-state index contributed by atoms with van der Waals surface area (Å²) in [4.78, 5) is 9.48. The van der Waals surface area contributed by atoms with E-state index in [0.29, 0.717) is 0 Å². The van der Waals surface area contributed by atoms with E-state index in [1.165, 1.54) is 0 Å². The molecule has 0 aliphatic carbocycles. The van der Waals surface area contributed by atoms with Crippen molar-refractivity contribution < 1.29 is 13.3 Å². The van der Waals surface area contributed by atoms with Crippen molar-refractivity contribution in [1.82, 2.24) is 0 Å². The van der Waals surface area contributed by atoms with Crippen LogP contribution in [-0.4, -0.2) is 13.3 Å². The van der Waals surface area contributed by atoms with Crippen molar-refractivity contribution in [1.29, 1.82) is 0 Å². The standard InChI is InChI=1S/C6H4ClNO4S2/c7-14(11,12)6-2-4(8(9)10)1-5(13)3-6/h1-3,13H. The van der Waals surface area contributed by atoms with Crippen LogP contribution in [0, 0.1) is 10.1 Å². The van der Waals surface area contributed by atoms with Gasteiger partial charge >= 0.3 is 0 Å². The Bertz CT molecular complexity index is 485. The fourth-order valence-corrected chi connectivity index (χ4v) is 1.97. The maximum atomic E-state index is 10.9. The highest BCUT2D eigenvalue weighted by Gasteiger charge is 2.16. The molecule has 0 radical (unpaired) electrons. The number of nitro benzene ring substituents is 1. The zero-order valence-electron chi connectivity index (χ0n) is 6.55. The highest BCUT2D eigenvalue weighted by Crippen LogP contribution is 2.24. The number of nitrogens with zero attached hydrogens (tertiary/aromatic N) is 1. The Morgan fingerprint density at radius 1 is 1.36 bits per heavy atom. The lowest BCUT2D eigenvalue weighted by Crippen LogP contribution is -1.94. The van der Waals surface area contributed by atoms with Crippen molar-refractivity contribution >= 4 is 38.0 Å². The Morgan fingerprint density at radius 3 is 2.36 bits per heavy atom. The van der Waals surface area contributed by atoms with E-state index in [0.717, 1.165) is 18.2 Å². The summed E-state index contributed by atoms with van der Waals surface area (Å²) in [6.45, 7) is 0. The monoisotopic (exact) mass is 253 g/mol. The fourth-order valence-electron chi connectivity index (χ4n) is 0.814. The number of hydrogen-bond donors (Lipinski definition) is 1. The topological polar surface area (TPSA) is 77.3 Å². The average molecular weight is 254 g/mol. The summed E-state index contributed by atoms with van der Waals surface area (Å²) in [5, 5.41) is 10.4. The van der Waals surface area contributed by atoms with Gasteiger partial charge in [-0.2, -0.15) is 0 Å². The second kappa shape index (κ2) is 3.76. The van der Waals surface area contributed by atoms with Crippen molar-refractivity contribution in [3.8, 4) is 0 Å². The average Bonchev–Trinajstić information content (AvgIpc) is 2.01. The molecule has 0 atom stereocenters. The smallest absolute Gasteiger partial charge is 0.258 e. The molecule has 1 aromatic rings. The van der Waals surface area contributed by atoms with Gasteiger partial charge in [0.2, 0.25) is 0 Å². The van der Waals surface area contributed by atoms with Crippen LogP contribution in [0.3, 0.4) is 0 Å². The van der Waals surface area contributed by atoms with Gasteiger partial charge in [-0.05, 0) is 6.07 Å². The molecular formula is C6H4ClNO4S2. The molecule has 0 amide bonds. The van der Waals surface area contributed by atoms with E-state index in [-0.39, 0.29) is 15.5 Å². The first kappa shape index (κ1) is 11.3. The number of rotatable bonds is 2. The predicted octanol–water partition coefficient (Wildman–Crippen LogP) is 1.81. The van der Waals surface area contributed by atoms with Gasteiger partial charge in [-0.1, -0.05) is 0 Å². The number of benzene rings is 1. The second-order valence-corrected chi connectivity index (χ2v) is 5.46. The number of hydrogen-bond acceptors (Lipinski definition) is 5. The van der Waals surface area contributed by atoms with Gasteiger partial charge in [0.15, 0.2) is 0 Å². The molecule has 1 aromatic carbocycles. The molecule has 0 aliphatic heterocycles.